The van der Waals surface area contributed by atoms with E-state index in [2.05, 4.69) is 0 Å². The summed E-state index contributed by atoms with van der Waals surface area (Å²) in [6.07, 6.45) is -4.34. The Balaban J connectivity index is 1.50. The first-order valence-corrected chi connectivity index (χ1v) is 12.7. The van der Waals surface area contributed by atoms with E-state index < -0.39 is 30.1 Å². The number of nitrogens with two attached hydrogens (primary N) is 2. The smallest absolute Gasteiger partial charge is 0.400 e. The number of rotatable bonds is 11. The van der Waals surface area contributed by atoms with Gasteiger partial charge in [0, 0.05) is 16.9 Å². The van der Waals surface area contributed by atoms with Gasteiger partial charge in [-0.2, -0.15) is 22.0 Å². The van der Waals surface area contributed by atoms with Crippen LogP contribution in [0.1, 0.15) is 62.5 Å². The molecule has 10 heteroatoms. The first-order chi connectivity index (χ1) is 17.8. The summed E-state index contributed by atoms with van der Waals surface area (Å²) in [6.45, 7) is 0. The van der Waals surface area contributed by atoms with Crippen LogP contribution in [-0.2, 0) is 11.2 Å². The minimum atomic E-state index is -4.37. The number of aryl methyl sites for hydroxylation is 1. The Morgan fingerprint density at radius 2 is 1.55 bits per heavy atom. The molecule has 208 valence electrons. The van der Waals surface area contributed by atoms with E-state index in [4.69, 9.17) is 16.2 Å². The number of anilines is 2. The second-order valence-electron chi connectivity index (χ2n) is 9.82. The molecular formula is C28H33F5N2O3. The van der Waals surface area contributed by atoms with Crippen LogP contribution in [0.5, 0.6) is 5.75 Å². The minimum Gasteiger partial charge on any atom is -0.478 e. The van der Waals surface area contributed by atoms with Crippen molar-refractivity contribution in [3.8, 4) is 5.75 Å². The molecule has 38 heavy (non-hydrogen) atoms. The minimum absolute atomic E-state index is 0.135. The second-order valence-corrected chi connectivity index (χ2v) is 9.82. The number of benzene rings is 2. The molecule has 1 fully saturated rings. The Bertz CT molecular complexity index is 1110. The molecular weight excluding hydrogens is 507 g/mol. The van der Waals surface area contributed by atoms with E-state index in [-0.39, 0.29) is 37.0 Å². The van der Waals surface area contributed by atoms with Gasteiger partial charge >= 0.3 is 18.3 Å². The summed E-state index contributed by atoms with van der Waals surface area (Å²) in [7, 11) is 0. The lowest BCUT2D eigenvalue weighted by molar-refractivity contribution is -0.237. The highest BCUT2D eigenvalue weighted by Crippen LogP contribution is 2.44. The zero-order chi connectivity index (χ0) is 27.9. The Hall–Kier alpha value is -3.30. The summed E-state index contributed by atoms with van der Waals surface area (Å²) in [5, 5.41) is 9.56. The average molecular weight is 541 g/mol. The summed E-state index contributed by atoms with van der Waals surface area (Å²) in [5.41, 5.74) is 14.6. The second kappa shape index (κ2) is 12.5. The summed E-state index contributed by atoms with van der Waals surface area (Å²) in [6, 6.07) is 10.9. The lowest BCUT2D eigenvalue weighted by Crippen LogP contribution is -2.39. The lowest BCUT2D eigenvalue weighted by atomic mass is 9.81. The quantitative estimate of drug-likeness (QED) is 0.119. The highest BCUT2D eigenvalue weighted by atomic mass is 19.4. The maximum absolute atomic E-state index is 14.6. The van der Waals surface area contributed by atoms with Crippen LogP contribution >= 0.6 is 0 Å². The zero-order valence-electron chi connectivity index (χ0n) is 20.9. The molecule has 1 aliphatic carbocycles. The predicted molar refractivity (Wildman–Crippen MR) is 137 cm³/mol. The van der Waals surface area contributed by atoms with Gasteiger partial charge in [0.05, 0.1) is 11.8 Å². The number of ether oxygens (including phenoxy) is 1. The molecule has 0 spiro atoms. The van der Waals surface area contributed by atoms with Gasteiger partial charge in [-0.15, -0.1) is 0 Å². The number of alkyl halides is 5. The van der Waals surface area contributed by atoms with Gasteiger partial charge in [0.15, 0.2) is 0 Å². The zero-order valence-corrected chi connectivity index (χ0v) is 20.9. The van der Waals surface area contributed by atoms with Gasteiger partial charge in [-0.1, -0.05) is 24.6 Å². The molecule has 2 aromatic rings. The fourth-order valence-electron chi connectivity index (χ4n) is 4.72. The molecule has 5 N–H and O–H groups in total. The van der Waals surface area contributed by atoms with Gasteiger partial charge in [0.25, 0.3) is 0 Å². The third-order valence-electron chi connectivity index (χ3n) is 6.98. The van der Waals surface area contributed by atoms with Gasteiger partial charge in [-0.25, -0.2) is 4.79 Å². The predicted octanol–water partition coefficient (Wildman–Crippen LogP) is 7.46. The Kier molecular flexibility index (Phi) is 9.62. The summed E-state index contributed by atoms with van der Waals surface area (Å²) in [4.78, 5) is 11.7. The number of unbranched alkanes of at least 4 members (excludes halogenated alkanes) is 2. The van der Waals surface area contributed by atoms with E-state index >= 15 is 0 Å². The fourth-order valence-corrected chi connectivity index (χ4v) is 4.72. The molecule has 0 bridgehead atoms. The Morgan fingerprint density at radius 1 is 0.921 bits per heavy atom. The van der Waals surface area contributed by atoms with Crippen LogP contribution in [0.3, 0.4) is 0 Å². The number of aliphatic carboxylic acids is 1. The maximum Gasteiger partial charge on any atom is 0.400 e. The third-order valence-corrected chi connectivity index (χ3v) is 6.98. The van der Waals surface area contributed by atoms with Crippen LogP contribution < -0.4 is 16.2 Å². The van der Waals surface area contributed by atoms with Crippen molar-refractivity contribution in [2.45, 2.75) is 70.1 Å². The van der Waals surface area contributed by atoms with Crippen molar-refractivity contribution in [1.29, 1.82) is 0 Å². The van der Waals surface area contributed by atoms with E-state index in [0.29, 0.717) is 29.8 Å². The van der Waals surface area contributed by atoms with Gasteiger partial charge in [-0.3, -0.25) is 0 Å². The monoisotopic (exact) mass is 540 g/mol. The van der Waals surface area contributed by atoms with Crippen molar-refractivity contribution in [1.82, 2.24) is 0 Å². The van der Waals surface area contributed by atoms with Gasteiger partial charge in [0.2, 0.25) is 0 Å². The lowest BCUT2D eigenvalue weighted by Gasteiger charge is -2.33. The molecule has 1 aliphatic rings. The van der Waals surface area contributed by atoms with Crippen molar-refractivity contribution in [2.24, 2.45) is 11.8 Å². The molecule has 3 rings (SSSR count). The largest absolute Gasteiger partial charge is 0.478 e. The molecule has 5 nitrogen and oxygen atoms in total. The Labute approximate surface area is 218 Å². The highest BCUT2D eigenvalue weighted by Gasteiger charge is 2.48. The fraction of sp³-hybridized carbons (Fsp3) is 0.464. The van der Waals surface area contributed by atoms with Gasteiger partial charge in [0.1, 0.15) is 5.75 Å². The van der Waals surface area contributed by atoms with Crippen molar-refractivity contribution in [3.05, 3.63) is 59.2 Å². The number of halogens is 5. The molecule has 0 atom stereocenters. The van der Waals surface area contributed by atoms with Crippen molar-refractivity contribution >= 4 is 23.4 Å². The van der Waals surface area contributed by atoms with Crippen LogP contribution in [-0.4, -0.2) is 23.4 Å². The molecule has 0 unspecified atom stereocenters. The third kappa shape index (κ3) is 8.36. The molecule has 0 aromatic heterocycles. The standard InChI is InChI=1S/C28H33F5N2O3/c29-27(30,31)21-9-11-22(12-10-21)28(32,33)38-24-14-6-18(7-15-24)16-20(26(36)37)5-3-1-2-4-19-8-13-23(34)17-25(19)35/h6-8,13-17,21-22H,1-5,9-12,34-35H2,(H,36,37). The van der Waals surface area contributed by atoms with Crippen LogP contribution in [0, 0.1) is 11.8 Å². The molecule has 1 saturated carbocycles. The topological polar surface area (TPSA) is 98.6 Å². The van der Waals surface area contributed by atoms with E-state index in [1.807, 2.05) is 6.07 Å². The molecule has 2 aromatic carbocycles. The molecule has 0 aliphatic heterocycles. The van der Waals surface area contributed by atoms with Gasteiger partial charge in [-0.05, 0) is 92.8 Å². The molecule has 0 saturated heterocycles. The van der Waals surface area contributed by atoms with Crippen LogP contribution in [0.25, 0.3) is 6.08 Å². The first kappa shape index (κ1) is 29.3. The maximum atomic E-state index is 14.6. The van der Waals surface area contributed by atoms with E-state index in [1.54, 1.807) is 12.1 Å². The van der Waals surface area contributed by atoms with Crippen molar-refractivity contribution in [2.75, 3.05) is 11.5 Å². The number of carboxylic acid groups (broad SMARTS) is 1. The van der Waals surface area contributed by atoms with Crippen molar-refractivity contribution < 1.29 is 36.6 Å². The molecule has 0 radical (unpaired) electrons. The van der Waals surface area contributed by atoms with E-state index in [9.17, 15) is 31.9 Å². The van der Waals surface area contributed by atoms with Crippen LogP contribution in [0.15, 0.2) is 48.0 Å². The normalized spacial score (nSPS) is 18.8. The van der Waals surface area contributed by atoms with E-state index in [0.717, 1.165) is 24.8 Å². The molecule has 0 heterocycles. The molecule has 0 amide bonds. The van der Waals surface area contributed by atoms with Gasteiger partial charge < -0.3 is 21.3 Å². The SMILES string of the molecule is Nc1ccc(CCCCCC(=Cc2ccc(OC(F)(F)C3CCC(C(F)(F)F)CC3)cc2)C(=O)O)c(N)c1. The van der Waals surface area contributed by atoms with Crippen molar-refractivity contribution in [3.63, 3.8) is 0 Å². The summed E-state index contributed by atoms with van der Waals surface area (Å²) in [5.74, 6) is -4.04. The summed E-state index contributed by atoms with van der Waals surface area (Å²) >= 11 is 0. The summed E-state index contributed by atoms with van der Waals surface area (Å²) < 4.78 is 72.4. The van der Waals surface area contributed by atoms with Crippen LogP contribution in [0.2, 0.25) is 0 Å². The number of hydrogen-bond acceptors (Lipinski definition) is 4. The highest BCUT2D eigenvalue weighted by molar-refractivity contribution is 5.92. The number of carbonyl (C=O) groups is 1. The number of nitrogen functional groups attached to an aromatic ring is 2. The number of carboxylic acids is 1. The van der Waals surface area contributed by atoms with Crippen LogP contribution in [0.4, 0.5) is 33.3 Å². The first-order valence-electron chi connectivity index (χ1n) is 12.7. The van der Waals surface area contributed by atoms with E-state index in [1.165, 1.54) is 30.3 Å². The average Bonchev–Trinajstić information content (AvgIpc) is 2.84. The Morgan fingerprint density at radius 3 is 2.13 bits per heavy atom. The number of hydrogen-bond donors (Lipinski definition) is 3.